The maximum absolute atomic E-state index is 8.29. The zero-order valence-corrected chi connectivity index (χ0v) is 14.4. The van der Waals surface area contributed by atoms with Gasteiger partial charge in [0.2, 0.25) is 0 Å². The molecule has 0 aliphatic rings. The predicted molar refractivity (Wildman–Crippen MR) is 97.3 cm³/mol. The molecule has 3 aromatic rings. The minimum absolute atomic E-state index is 0.717. The van der Waals surface area contributed by atoms with E-state index in [9.17, 15) is 0 Å². The second-order valence-corrected chi connectivity index (χ2v) is 5.25. The highest BCUT2D eigenvalue weighted by Crippen LogP contribution is 2.17. The van der Waals surface area contributed by atoms with E-state index in [1.165, 1.54) is 11.1 Å². The van der Waals surface area contributed by atoms with Gasteiger partial charge in [0.1, 0.15) is 0 Å². The van der Waals surface area contributed by atoms with Crippen LogP contribution in [-0.4, -0.2) is 8.42 Å². The van der Waals surface area contributed by atoms with Gasteiger partial charge in [-0.1, -0.05) is 83.9 Å². The Morgan fingerprint density at radius 3 is 1.04 bits per heavy atom. The zero-order valence-electron chi connectivity index (χ0n) is 12.1. The highest BCUT2D eigenvalue weighted by Gasteiger charge is 1.91. The minimum Gasteiger partial charge on any atom is -0.168 e. The standard InChI is InChI=1S/C12H10.C6H4Cl2.O2S/c1-3-7-11(8-4-1)12-9-5-2-6-10-12;7-5-1-2-6(8)4-3-5;1-3-2/h1-10H;1-4H;. The third-order valence-corrected chi connectivity index (χ3v) is 3.19. The molecule has 0 N–H and O–H groups in total. The van der Waals surface area contributed by atoms with Crippen LogP contribution < -0.4 is 0 Å². The molecule has 0 aliphatic carbocycles. The lowest BCUT2D eigenvalue weighted by atomic mass is 10.1. The first-order valence-electron chi connectivity index (χ1n) is 6.60. The van der Waals surface area contributed by atoms with Crippen LogP contribution in [0, 0.1) is 0 Å². The van der Waals surface area contributed by atoms with Crippen LogP contribution in [0.3, 0.4) is 0 Å². The van der Waals surface area contributed by atoms with Gasteiger partial charge in [-0.15, -0.1) is 0 Å². The molecule has 0 spiro atoms. The third-order valence-electron chi connectivity index (χ3n) is 2.68. The Morgan fingerprint density at radius 2 is 0.783 bits per heavy atom. The molecule has 0 heterocycles. The molecule has 0 amide bonds. The molecule has 0 aromatic heterocycles. The van der Waals surface area contributed by atoms with Crippen molar-refractivity contribution in [1.29, 1.82) is 0 Å². The molecule has 0 radical (unpaired) electrons. The van der Waals surface area contributed by atoms with E-state index >= 15 is 0 Å². The van der Waals surface area contributed by atoms with Crippen molar-refractivity contribution in [1.82, 2.24) is 0 Å². The lowest BCUT2D eigenvalue weighted by Crippen LogP contribution is -1.73. The van der Waals surface area contributed by atoms with Gasteiger partial charge in [-0.05, 0) is 35.4 Å². The second kappa shape index (κ2) is 11.6. The summed E-state index contributed by atoms with van der Waals surface area (Å²) >= 11 is 10.4. The van der Waals surface area contributed by atoms with Crippen molar-refractivity contribution < 1.29 is 8.42 Å². The topological polar surface area (TPSA) is 34.1 Å². The molecule has 0 fully saturated rings. The molecule has 0 atom stereocenters. The van der Waals surface area contributed by atoms with Gasteiger partial charge < -0.3 is 0 Å². The SMILES string of the molecule is Clc1ccc(Cl)cc1.O=S=O.c1ccc(-c2ccccc2)cc1. The first-order chi connectivity index (χ1) is 11.2. The lowest BCUT2D eigenvalue weighted by molar-refractivity contribution is 0.630. The smallest absolute Gasteiger partial charge is 0.168 e. The summed E-state index contributed by atoms with van der Waals surface area (Å²) in [5, 5.41) is 1.43. The van der Waals surface area contributed by atoms with Crippen molar-refractivity contribution in [3.8, 4) is 11.1 Å². The van der Waals surface area contributed by atoms with Crippen molar-refractivity contribution >= 4 is 34.8 Å². The highest BCUT2D eigenvalue weighted by molar-refractivity contribution is 7.51. The summed E-state index contributed by atoms with van der Waals surface area (Å²) < 4.78 is 16.6. The maximum Gasteiger partial charge on any atom is 0.335 e. The van der Waals surface area contributed by atoms with Crippen molar-refractivity contribution in [2.45, 2.75) is 0 Å². The Balaban J connectivity index is 0.000000209. The normalized spacial score (nSPS) is 8.78. The van der Waals surface area contributed by atoms with Gasteiger partial charge in [-0.3, -0.25) is 0 Å². The molecule has 2 nitrogen and oxygen atoms in total. The largest absolute Gasteiger partial charge is 0.335 e. The second-order valence-electron chi connectivity index (χ2n) is 4.24. The van der Waals surface area contributed by atoms with Gasteiger partial charge in [-0.25, -0.2) is 0 Å². The highest BCUT2D eigenvalue weighted by atomic mass is 35.5. The zero-order chi connectivity index (χ0) is 16.9. The molecule has 0 aliphatic heterocycles. The molecule has 3 aromatic carbocycles. The van der Waals surface area contributed by atoms with E-state index in [0.29, 0.717) is 0 Å². The number of rotatable bonds is 1. The monoisotopic (exact) mass is 364 g/mol. The van der Waals surface area contributed by atoms with E-state index in [-0.39, 0.29) is 0 Å². The molecule has 0 saturated heterocycles. The van der Waals surface area contributed by atoms with Crippen LogP contribution >= 0.6 is 23.2 Å². The summed E-state index contributed by atoms with van der Waals surface area (Å²) in [7, 11) is 0. The lowest BCUT2D eigenvalue weighted by Gasteiger charge is -1.98. The van der Waals surface area contributed by atoms with Crippen LogP contribution in [0.25, 0.3) is 11.1 Å². The van der Waals surface area contributed by atoms with E-state index in [1.807, 2.05) is 12.1 Å². The fourth-order valence-corrected chi connectivity index (χ4v) is 1.94. The predicted octanol–water partition coefficient (Wildman–Crippen LogP) is 5.68. The van der Waals surface area contributed by atoms with Crippen molar-refractivity contribution in [3.05, 3.63) is 95.0 Å². The minimum atomic E-state index is -0.750. The van der Waals surface area contributed by atoms with Crippen LogP contribution in [0.2, 0.25) is 10.0 Å². The summed E-state index contributed by atoms with van der Waals surface area (Å²) in [4.78, 5) is 0. The summed E-state index contributed by atoms with van der Waals surface area (Å²) in [6, 6.07) is 27.8. The van der Waals surface area contributed by atoms with Crippen molar-refractivity contribution in [3.63, 3.8) is 0 Å². The Bertz CT molecular complexity index is 653. The van der Waals surface area contributed by atoms with Gasteiger partial charge in [0, 0.05) is 10.0 Å². The van der Waals surface area contributed by atoms with Crippen LogP contribution in [0.1, 0.15) is 0 Å². The molecule has 0 bridgehead atoms. The molecule has 23 heavy (non-hydrogen) atoms. The van der Waals surface area contributed by atoms with E-state index in [4.69, 9.17) is 31.6 Å². The Labute approximate surface area is 149 Å². The summed E-state index contributed by atoms with van der Waals surface area (Å²) in [5.41, 5.74) is 2.55. The van der Waals surface area contributed by atoms with Gasteiger partial charge in [0.25, 0.3) is 0 Å². The molecule has 5 heteroatoms. The van der Waals surface area contributed by atoms with Crippen LogP contribution in [0.15, 0.2) is 84.9 Å². The summed E-state index contributed by atoms with van der Waals surface area (Å²) in [6.45, 7) is 0. The van der Waals surface area contributed by atoms with Gasteiger partial charge in [0.05, 0.1) is 0 Å². The Hall–Kier alpha value is -1.94. The molecule has 0 saturated carbocycles. The first-order valence-corrected chi connectivity index (χ1v) is 8.03. The van der Waals surface area contributed by atoms with E-state index < -0.39 is 11.6 Å². The molecular formula is C18H14Cl2O2S. The number of hydrogen-bond acceptors (Lipinski definition) is 2. The number of benzene rings is 3. The fourth-order valence-electron chi connectivity index (χ4n) is 1.69. The number of halogens is 2. The van der Waals surface area contributed by atoms with Crippen LogP contribution in [0.5, 0.6) is 0 Å². The average molecular weight is 365 g/mol. The Morgan fingerprint density at radius 1 is 0.522 bits per heavy atom. The van der Waals surface area contributed by atoms with Gasteiger partial charge >= 0.3 is 11.6 Å². The Kier molecular flexibility index (Phi) is 9.64. The quantitative estimate of drug-likeness (QED) is 0.556. The third kappa shape index (κ3) is 8.31. The van der Waals surface area contributed by atoms with E-state index in [0.717, 1.165) is 10.0 Å². The molecule has 3 rings (SSSR count). The summed E-state index contributed by atoms with van der Waals surface area (Å²) in [6.07, 6.45) is 0. The first kappa shape index (κ1) is 19.1. The fraction of sp³-hybridized carbons (Fsp3) is 0. The summed E-state index contributed by atoms with van der Waals surface area (Å²) in [5.74, 6) is 0. The van der Waals surface area contributed by atoms with Gasteiger partial charge in [-0.2, -0.15) is 8.42 Å². The number of hydrogen-bond donors (Lipinski definition) is 0. The maximum atomic E-state index is 8.29. The average Bonchev–Trinajstić information content (AvgIpc) is 2.60. The van der Waals surface area contributed by atoms with Crippen molar-refractivity contribution in [2.75, 3.05) is 0 Å². The van der Waals surface area contributed by atoms with Crippen LogP contribution in [0.4, 0.5) is 0 Å². The molecule has 0 unspecified atom stereocenters. The van der Waals surface area contributed by atoms with Crippen molar-refractivity contribution in [2.24, 2.45) is 0 Å². The van der Waals surface area contributed by atoms with E-state index in [2.05, 4.69) is 48.5 Å². The molecule has 118 valence electrons. The van der Waals surface area contributed by atoms with Crippen LogP contribution in [-0.2, 0) is 11.6 Å². The van der Waals surface area contributed by atoms with E-state index in [1.54, 1.807) is 24.3 Å². The van der Waals surface area contributed by atoms with Gasteiger partial charge in [0.15, 0.2) is 0 Å². The molecular weight excluding hydrogens is 351 g/mol.